The van der Waals surface area contributed by atoms with E-state index in [1.165, 1.54) is 37.7 Å². The molecule has 1 unspecified atom stereocenters. The van der Waals surface area contributed by atoms with Gasteiger partial charge in [0.2, 0.25) is 5.91 Å². The van der Waals surface area contributed by atoms with Crippen LogP contribution in [-0.4, -0.2) is 11.9 Å². The first-order chi connectivity index (χ1) is 10.1. The van der Waals surface area contributed by atoms with Gasteiger partial charge < -0.3 is 5.32 Å². The van der Waals surface area contributed by atoms with Crippen LogP contribution in [0.5, 0.6) is 0 Å². The number of carbonyl (C=O) groups is 1. The van der Waals surface area contributed by atoms with Gasteiger partial charge in [-0.1, -0.05) is 47.3 Å². The molecule has 0 spiro atoms. The molecule has 2 nitrogen and oxygen atoms in total. The molecule has 1 amide bonds. The topological polar surface area (TPSA) is 29.1 Å². The van der Waals surface area contributed by atoms with E-state index >= 15 is 0 Å². The van der Waals surface area contributed by atoms with Crippen LogP contribution < -0.4 is 5.32 Å². The monoisotopic (exact) mass is 349 g/mol. The second kappa shape index (κ2) is 6.12. The fraction of sp³-hybridized carbons (Fsp3) is 0.611. The maximum atomic E-state index is 12.4. The van der Waals surface area contributed by atoms with Crippen LogP contribution in [0.1, 0.15) is 57.4 Å². The molecule has 0 heterocycles. The maximum Gasteiger partial charge on any atom is 0.223 e. The van der Waals surface area contributed by atoms with Crippen LogP contribution in [0.3, 0.4) is 0 Å². The van der Waals surface area contributed by atoms with Gasteiger partial charge >= 0.3 is 0 Å². The molecule has 2 saturated carbocycles. The number of amides is 1. The maximum absolute atomic E-state index is 12.4. The number of halogens is 1. The van der Waals surface area contributed by atoms with E-state index in [2.05, 4.69) is 52.4 Å². The smallest absolute Gasteiger partial charge is 0.223 e. The molecule has 0 bridgehead atoms. The lowest BCUT2D eigenvalue weighted by molar-refractivity contribution is -0.126. The number of benzene rings is 1. The second-order valence-electron chi connectivity index (χ2n) is 6.73. The second-order valence-corrected chi connectivity index (χ2v) is 7.64. The van der Waals surface area contributed by atoms with Crippen LogP contribution in [0.25, 0.3) is 0 Å². The van der Waals surface area contributed by atoms with Crippen molar-refractivity contribution in [3.63, 3.8) is 0 Å². The third kappa shape index (κ3) is 3.18. The molecular formula is C18H24BrNO. The molecule has 1 N–H and O–H groups in total. The van der Waals surface area contributed by atoms with Crippen molar-refractivity contribution in [3.05, 3.63) is 34.3 Å². The normalized spacial score (nSPS) is 22.6. The number of nitrogens with one attached hydrogen (secondary N) is 1. The zero-order valence-corrected chi connectivity index (χ0v) is 14.3. The van der Waals surface area contributed by atoms with E-state index in [4.69, 9.17) is 0 Å². The van der Waals surface area contributed by atoms with Crippen molar-refractivity contribution in [1.82, 2.24) is 5.32 Å². The van der Waals surface area contributed by atoms with Crippen LogP contribution in [0.15, 0.2) is 28.7 Å². The van der Waals surface area contributed by atoms with Gasteiger partial charge in [0.25, 0.3) is 0 Å². The number of hydrogen-bond donors (Lipinski definition) is 1. The quantitative estimate of drug-likeness (QED) is 0.847. The summed E-state index contributed by atoms with van der Waals surface area (Å²) >= 11 is 3.49. The molecule has 1 aromatic rings. The molecule has 2 fully saturated rings. The Labute approximate surface area is 135 Å². The van der Waals surface area contributed by atoms with Crippen molar-refractivity contribution in [2.75, 3.05) is 0 Å². The minimum atomic E-state index is 0.172. The minimum Gasteiger partial charge on any atom is -0.353 e. The van der Waals surface area contributed by atoms with Crippen molar-refractivity contribution < 1.29 is 4.79 Å². The summed E-state index contributed by atoms with van der Waals surface area (Å²) in [4.78, 5) is 12.4. The van der Waals surface area contributed by atoms with Gasteiger partial charge in [-0.15, -0.1) is 0 Å². The molecule has 1 atom stereocenters. The molecular weight excluding hydrogens is 326 g/mol. The highest BCUT2D eigenvalue weighted by Crippen LogP contribution is 2.51. The predicted octanol–water partition coefficient (Wildman–Crippen LogP) is 4.57. The Morgan fingerprint density at radius 1 is 1.19 bits per heavy atom. The average molecular weight is 350 g/mol. The molecule has 1 aromatic carbocycles. The van der Waals surface area contributed by atoms with Gasteiger partial charge in [0.05, 0.1) is 0 Å². The summed E-state index contributed by atoms with van der Waals surface area (Å²) in [5.41, 5.74) is 1.53. The third-order valence-electron chi connectivity index (χ3n) is 5.37. The molecule has 2 aliphatic carbocycles. The lowest BCUT2D eigenvalue weighted by Gasteiger charge is -2.28. The lowest BCUT2D eigenvalue weighted by Crippen LogP contribution is -2.44. The SMILES string of the molecule is CC(NC(=O)C1CCCCC1)C1(c2ccc(Br)cc2)CC1. The summed E-state index contributed by atoms with van der Waals surface area (Å²) in [7, 11) is 0. The van der Waals surface area contributed by atoms with Crippen LogP contribution in [0.2, 0.25) is 0 Å². The predicted molar refractivity (Wildman–Crippen MR) is 89.2 cm³/mol. The van der Waals surface area contributed by atoms with Gasteiger partial charge in [-0.05, 0) is 50.3 Å². The number of rotatable bonds is 4. The van der Waals surface area contributed by atoms with E-state index in [1.807, 2.05) is 0 Å². The van der Waals surface area contributed by atoms with Crippen LogP contribution >= 0.6 is 15.9 Å². The molecule has 0 aliphatic heterocycles. The van der Waals surface area contributed by atoms with Crippen molar-refractivity contribution >= 4 is 21.8 Å². The highest BCUT2D eigenvalue weighted by atomic mass is 79.9. The van der Waals surface area contributed by atoms with Crippen LogP contribution in [-0.2, 0) is 10.2 Å². The third-order valence-corrected chi connectivity index (χ3v) is 5.90. The highest BCUT2D eigenvalue weighted by Gasteiger charge is 2.49. The Bertz CT molecular complexity index is 500. The standard InChI is InChI=1S/C18H24BrNO/c1-13(20-17(21)14-5-3-2-4-6-14)18(11-12-18)15-7-9-16(19)10-8-15/h7-10,13-14H,2-6,11-12H2,1H3,(H,20,21). The first-order valence-electron chi connectivity index (χ1n) is 8.18. The van der Waals surface area contributed by atoms with E-state index in [9.17, 15) is 4.79 Å². The Kier molecular flexibility index (Phi) is 4.39. The summed E-state index contributed by atoms with van der Waals surface area (Å²) in [5.74, 6) is 0.535. The Morgan fingerprint density at radius 2 is 1.81 bits per heavy atom. The van der Waals surface area contributed by atoms with Crippen LogP contribution in [0, 0.1) is 5.92 Å². The van der Waals surface area contributed by atoms with Gasteiger partial charge in [-0.3, -0.25) is 4.79 Å². The summed E-state index contributed by atoms with van der Waals surface area (Å²) < 4.78 is 1.11. The van der Waals surface area contributed by atoms with Crippen molar-refractivity contribution in [1.29, 1.82) is 0 Å². The van der Waals surface area contributed by atoms with Crippen molar-refractivity contribution in [2.24, 2.45) is 5.92 Å². The molecule has 21 heavy (non-hydrogen) atoms. The Hall–Kier alpha value is -0.830. The van der Waals surface area contributed by atoms with E-state index in [-0.39, 0.29) is 23.3 Å². The number of carbonyl (C=O) groups excluding carboxylic acids is 1. The van der Waals surface area contributed by atoms with Gasteiger partial charge in [0.15, 0.2) is 0 Å². The van der Waals surface area contributed by atoms with Gasteiger partial charge in [-0.25, -0.2) is 0 Å². The molecule has 0 saturated heterocycles. The van der Waals surface area contributed by atoms with Crippen LogP contribution in [0.4, 0.5) is 0 Å². The van der Waals surface area contributed by atoms with E-state index in [1.54, 1.807) is 0 Å². The first-order valence-corrected chi connectivity index (χ1v) is 8.97. The Morgan fingerprint density at radius 3 is 2.38 bits per heavy atom. The van der Waals surface area contributed by atoms with Gasteiger partial charge in [0, 0.05) is 21.8 Å². The largest absolute Gasteiger partial charge is 0.353 e. The van der Waals surface area contributed by atoms with Crippen molar-refractivity contribution in [2.45, 2.75) is 63.3 Å². The van der Waals surface area contributed by atoms with E-state index in [0.717, 1.165) is 17.3 Å². The fourth-order valence-corrected chi connectivity index (χ4v) is 3.99. The summed E-state index contributed by atoms with van der Waals surface area (Å²) in [6.07, 6.45) is 8.23. The molecule has 3 rings (SSSR count). The zero-order chi connectivity index (χ0) is 14.9. The summed E-state index contributed by atoms with van der Waals surface area (Å²) in [6, 6.07) is 8.82. The lowest BCUT2D eigenvalue weighted by atomic mass is 9.86. The molecule has 0 radical (unpaired) electrons. The van der Waals surface area contributed by atoms with E-state index in [0.29, 0.717) is 0 Å². The Balaban J connectivity index is 1.65. The highest BCUT2D eigenvalue weighted by molar-refractivity contribution is 9.10. The zero-order valence-electron chi connectivity index (χ0n) is 12.7. The molecule has 2 aliphatic rings. The summed E-state index contributed by atoms with van der Waals surface area (Å²) in [6.45, 7) is 2.18. The average Bonchev–Trinajstić information content (AvgIpc) is 3.30. The van der Waals surface area contributed by atoms with Gasteiger partial charge in [0.1, 0.15) is 0 Å². The fourth-order valence-electron chi connectivity index (χ4n) is 3.72. The van der Waals surface area contributed by atoms with E-state index < -0.39 is 0 Å². The molecule has 3 heteroatoms. The van der Waals surface area contributed by atoms with Gasteiger partial charge in [-0.2, -0.15) is 0 Å². The minimum absolute atomic E-state index is 0.172. The molecule has 114 valence electrons. The first kappa shape index (κ1) is 15.1. The van der Waals surface area contributed by atoms with Crippen molar-refractivity contribution in [3.8, 4) is 0 Å². The number of hydrogen-bond acceptors (Lipinski definition) is 1. The molecule has 0 aromatic heterocycles. The summed E-state index contributed by atoms with van der Waals surface area (Å²) in [5, 5.41) is 3.31.